The van der Waals surface area contributed by atoms with Crippen molar-refractivity contribution in [3.8, 4) is 0 Å². The Morgan fingerprint density at radius 3 is 2.12 bits per heavy atom. The molecule has 0 fully saturated rings. The van der Waals surface area contributed by atoms with Gasteiger partial charge in [-0.05, 0) is 39.1 Å². The van der Waals surface area contributed by atoms with Crippen LogP contribution >= 0.6 is 24.0 Å². The van der Waals surface area contributed by atoms with Gasteiger partial charge < -0.3 is 15.5 Å². The zero-order valence-corrected chi connectivity index (χ0v) is 17.6. The summed E-state index contributed by atoms with van der Waals surface area (Å²) < 4.78 is 28.1. The van der Waals surface area contributed by atoms with Crippen LogP contribution in [0.3, 0.4) is 0 Å². The molecule has 2 N–H and O–H groups in total. The number of hydrogen-bond acceptors (Lipinski definition) is 2. The first-order valence-corrected chi connectivity index (χ1v) is 7.85. The van der Waals surface area contributed by atoms with Crippen LogP contribution in [-0.4, -0.2) is 44.6 Å². The summed E-state index contributed by atoms with van der Waals surface area (Å²) in [6.07, 6.45) is 0. The SMILES string of the molecule is CN=C(NCC(c1c(F)cccc1F)N(C)C)NC(C)C(C)C.I. The number of halogens is 3. The van der Waals surface area contributed by atoms with Crippen molar-refractivity contribution < 1.29 is 8.78 Å². The van der Waals surface area contributed by atoms with E-state index < -0.39 is 17.7 Å². The number of nitrogens with zero attached hydrogens (tertiary/aromatic N) is 2. The standard InChI is InChI=1S/C17H28F2N4.HI/c1-11(2)12(3)22-17(20-4)21-10-15(23(5)6)16-13(18)8-7-9-14(16)19;/h7-9,11-12,15H,10H2,1-6H3,(H2,20,21,22);1H. The molecule has 0 aliphatic rings. The van der Waals surface area contributed by atoms with Gasteiger partial charge in [0.1, 0.15) is 11.6 Å². The lowest BCUT2D eigenvalue weighted by atomic mass is 10.0. The fourth-order valence-corrected chi connectivity index (χ4v) is 2.14. The van der Waals surface area contributed by atoms with Gasteiger partial charge in [0, 0.05) is 25.2 Å². The molecule has 7 heteroatoms. The number of benzene rings is 1. The minimum absolute atomic E-state index is 0. The van der Waals surface area contributed by atoms with E-state index in [1.54, 1.807) is 26.0 Å². The molecule has 1 rings (SSSR count). The third-order valence-corrected chi connectivity index (χ3v) is 4.01. The molecule has 2 unspecified atom stereocenters. The number of rotatable bonds is 6. The molecule has 2 atom stereocenters. The van der Waals surface area contributed by atoms with Crippen molar-refractivity contribution in [2.45, 2.75) is 32.9 Å². The van der Waals surface area contributed by atoms with Crippen molar-refractivity contribution in [2.75, 3.05) is 27.7 Å². The van der Waals surface area contributed by atoms with Crippen LogP contribution in [0.15, 0.2) is 23.2 Å². The molecule has 1 aromatic rings. The predicted octanol–water partition coefficient (Wildman–Crippen LogP) is 3.40. The van der Waals surface area contributed by atoms with Crippen molar-refractivity contribution in [1.29, 1.82) is 0 Å². The van der Waals surface area contributed by atoms with Gasteiger partial charge in [-0.15, -0.1) is 24.0 Å². The molecule has 0 saturated carbocycles. The van der Waals surface area contributed by atoms with E-state index in [2.05, 4.69) is 36.4 Å². The molecule has 0 spiro atoms. The average Bonchev–Trinajstić information content (AvgIpc) is 2.47. The van der Waals surface area contributed by atoms with Crippen LogP contribution in [0, 0.1) is 17.6 Å². The normalized spacial score (nSPS) is 14.3. The Balaban J connectivity index is 0.00000529. The lowest BCUT2D eigenvalue weighted by molar-refractivity contribution is 0.282. The maximum atomic E-state index is 14.0. The smallest absolute Gasteiger partial charge is 0.191 e. The van der Waals surface area contributed by atoms with Crippen LogP contribution in [0.2, 0.25) is 0 Å². The minimum atomic E-state index is -0.538. The molecule has 138 valence electrons. The van der Waals surface area contributed by atoms with E-state index in [0.717, 1.165) is 0 Å². The van der Waals surface area contributed by atoms with Crippen LogP contribution in [0.25, 0.3) is 0 Å². The van der Waals surface area contributed by atoms with Gasteiger partial charge in [-0.25, -0.2) is 8.78 Å². The highest BCUT2D eigenvalue weighted by Crippen LogP contribution is 2.23. The van der Waals surface area contributed by atoms with Crippen LogP contribution in [0.1, 0.15) is 32.4 Å². The second kappa shape index (κ2) is 10.8. The fourth-order valence-electron chi connectivity index (χ4n) is 2.14. The maximum absolute atomic E-state index is 14.0. The molecule has 0 saturated heterocycles. The van der Waals surface area contributed by atoms with Gasteiger partial charge in [0.15, 0.2) is 5.96 Å². The Morgan fingerprint density at radius 2 is 1.71 bits per heavy atom. The van der Waals surface area contributed by atoms with Crippen molar-refractivity contribution in [2.24, 2.45) is 10.9 Å². The molecule has 0 aliphatic carbocycles. The van der Waals surface area contributed by atoms with Gasteiger partial charge in [0.25, 0.3) is 0 Å². The third kappa shape index (κ3) is 6.51. The second-order valence-corrected chi connectivity index (χ2v) is 6.24. The highest BCUT2D eigenvalue weighted by molar-refractivity contribution is 14.0. The lowest BCUT2D eigenvalue weighted by Gasteiger charge is -2.28. The van der Waals surface area contributed by atoms with Crippen molar-refractivity contribution >= 4 is 29.9 Å². The largest absolute Gasteiger partial charge is 0.354 e. The molecule has 4 nitrogen and oxygen atoms in total. The molecule has 0 heterocycles. The van der Waals surface area contributed by atoms with Crippen LogP contribution in [-0.2, 0) is 0 Å². The average molecular weight is 454 g/mol. The van der Waals surface area contributed by atoms with Crippen molar-refractivity contribution in [3.05, 3.63) is 35.4 Å². The third-order valence-electron chi connectivity index (χ3n) is 4.01. The summed E-state index contributed by atoms with van der Waals surface area (Å²) in [7, 11) is 5.27. The fraction of sp³-hybridized carbons (Fsp3) is 0.588. The van der Waals surface area contributed by atoms with E-state index in [1.165, 1.54) is 18.2 Å². The first kappa shape index (κ1) is 23.0. The summed E-state index contributed by atoms with van der Waals surface area (Å²) in [5, 5.41) is 6.43. The molecule has 0 aliphatic heterocycles. The summed E-state index contributed by atoms with van der Waals surface area (Å²) in [5.74, 6) is -0.00926. The van der Waals surface area contributed by atoms with Crippen LogP contribution in [0.4, 0.5) is 8.78 Å². The van der Waals surface area contributed by atoms with Gasteiger partial charge in [-0.2, -0.15) is 0 Å². The molecular weight excluding hydrogens is 425 g/mol. The quantitative estimate of drug-likeness (QED) is 0.394. The first-order valence-electron chi connectivity index (χ1n) is 7.85. The predicted molar refractivity (Wildman–Crippen MR) is 107 cm³/mol. The Bertz CT molecular complexity index is 515. The van der Waals surface area contributed by atoms with Crippen LogP contribution in [0.5, 0.6) is 0 Å². The molecule has 1 aromatic carbocycles. The number of aliphatic imine (C=N–C) groups is 1. The number of likely N-dealkylation sites (N-methyl/N-ethyl adjacent to an activating group) is 1. The summed E-state index contributed by atoms with van der Waals surface area (Å²) in [6.45, 7) is 6.64. The Hall–Kier alpha value is -0.960. The summed E-state index contributed by atoms with van der Waals surface area (Å²) in [6, 6.07) is 3.73. The topological polar surface area (TPSA) is 39.7 Å². The molecule has 0 amide bonds. The first-order chi connectivity index (χ1) is 10.8. The van der Waals surface area contributed by atoms with Gasteiger partial charge in [-0.3, -0.25) is 4.99 Å². The van der Waals surface area contributed by atoms with Gasteiger partial charge in [0.05, 0.1) is 6.04 Å². The van der Waals surface area contributed by atoms with E-state index in [9.17, 15) is 8.78 Å². The Kier molecular flexibility index (Phi) is 10.4. The zero-order valence-electron chi connectivity index (χ0n) is 15.2. The van der Waals surface area contributed by atoms with E-state index in [4.69, 9.17) is 0 Å². The summed E-state index contributed by atoms with van der Waals surface area (Å²) >= 11 is 0. The second-order valence-electron chi connectivity index (χ2n) is 6.24. The maximum Gasteiger partial charge on any atom is 0.191 e. The summed E-state index contributed by atoms with van der Waals surface area (Å²) in [4.78, 5) is 5.95. The monoisotopic (exact) mass is 454 g/mol. The number of hydrogen-bond donors (Lipinski definition) is 2. The number of guanidine groups is 1. The summed E-state index contributed by atoms with van der Waals surface area (Å²) in [5.41, 5.74) is 0.0670. The van der Waals surface area contributed by atoms with E-state index in [-0.39, 0.29) is 35.6 Å². The van der Waals surface area contributed by atoms with E-state index in [1.807, 2.05) is 0 Å². The van der Waals surface area contributed by atoms with Gasteiger partial charge in [0.2, 0.25) is 0 Å². The van der Waals surface area contributed by atoms with E-state index >= 15 is 0 Å². The minimum Gasteiger partial charge on any atom is -0.354 e. The van der Waals surface area contributed by atoms with Crippen molar-refractivity contribution in [1.82, 2.24) is 15.5 Å². The molecule has 0 aromatic heterocycles. The van der Waals surface area contributed by atoms with Crippen molar-refractivity contribution in [3.63, 3.8) is 0 Å². The van der Waals surface area contributed by atoms with Gasteiger partial charge >= 0.3 is 0 Å². The van der Waals surface area contributed by atoms with E-state index in [0.29, 0.717) is 18.4 Å². The highest BCUT2D eigenvalue weighted by Gasteiger charge is 2.22. The Labute approximate surface area is 161 Å². The molecule has 0 bridgehead atoms. The molecule has 24 heavy (non-hydrogen) atoms. The lowest BCUT2D eigenvalue weighted by Crippen LogP contribution is -2.46. The highest BCUT2D eigenvalue weighted by atomic mass is 127. The van der Waals surface area contributed by atoms with Gasteiger partial charge in [-0.1, -0.05) is 19.9 Å². The van der Waals surface area contributed by atoms with Crippen LogP contribution < -0.4 is 10.6 Å². The molecule has 0 radical (unpaired) electrons. The zero-order chi connectivity index (χ0) is 17.6. The Morgan fingerprint density at radius 1 is 1.17 bits per heavy atom. The molecular formula is C17H29F2IN4. The number of nitrogens with one attached hydrogen (secondary N) is 2.